The Morgan fingerprint density at radius 3 is 2.24 bits per heavy atom. The van der Waals surface area contributed by atoms with Crippen molar-refractivity contribution in [2.45, 2.75) is 65.0 Å². The number of amides is 2. The van der Waals surface area contributed by atoms with Crippen LogP contribution in [0.15, 0.2) is 0 Å². The molecule has 1 saturated carbocycles. The Balaban J connectivity index is 2.32. The molecular formula is C13H27N3O. The van der Waals surface area contributed by atoms with Crippen molar-refractivity contribution in [2.75, 3.05) is 6.54 Å². The predicted octanol–water partition coefficient (Wildman–Crippen LogP) is 1.99. The zero-order valence-electron chi connectivity index (χ0n) is 11.6. The van der Waals surface area contributed by atoms with Gasteiger partial charge in [-0.05, 0) is 25.2 Å². The molecular weight excluding hydrogens is 214 g/mol. The molecule has 0 aromatic heterocycles. The molecule has 2 amide bonds. The number of carbonyl (C=O) groups excluding carboxylic acids is 1. The lowest BCUT2D eigenvalue weighted by atomic mass is 9.75. The van der Waals surface area contributed by atoms with E-state index in [0.717, 1.165) is 12.8 Å². The van der Waals surface area contributed by atoms with Crippen molar-refractivity contribution in [3.8, 4) is 0 Å². The maximum absolute atomic E-state index is 11.7. The van der Waals surface area contributed by atoms with Crippen LogP contribution in [-0.4, -0.2) is 24.2 Å². The van der Waals surface area contributed by atoms with Crippen LogP contribution in [0.2, 0.25) is 0 Å². The van der Waals surface area contributed by atoms with Gasteiger partial charge in [0, 0.05) is 18.1 Å². The minimum Gasteiger partial charge on any atom is -0.336 e. The van der Waals surface area contributed by atoms with Crippen molar-refractivity contribution in [3.05, 3.63) is 0 Å². The van der Waals surface area contributed by atoms with Gasteiger partial charge in [0.05, 0.1) is 0 Å². The third kappa shape index (κ3) is 4.19. The molecule has 0 aliphatic heterocycles. The van der Waals surface area contributed by atoms with E-state index >= 15 is 0 Å². The average Bonchev–Trinajstić information content (AvgIpc) is 2.66. The fourth-order valence-electron chi connectivity index (χ4n) is 1.84. The quantitative estimate of drug-likeness (QED) is 0.707. The highest BCUT2D eigenvalue weighted by molar-refractivity contribution is 5.74. The molecule has 17 heavy (non-hydrogen) atoms. The molecule has 1 rings (SSSR count). The van der Waals surface area contributed by atoms with Crippen LogP contribution in [-0.2, 0) is 0 Å². The Bertz CT molecular complexity index is 262. The number of nitrogens with one attached hydrogen (secondary N) is 2. The van der Waals surface area contributed by atoms with Crippen LogP contribution in [0.5, 0.6) is 0 Å². The van der Waals surface area contributed by atoms with E-state index in [0.29, 0.717) is 12.6 Å². The van der Waals surface area contributed by atoms with E-state index in [9.17, 15) is 4.79 Å². The topological polar surface area (TPSA) is 67.1 Å². The Morgan fingerprint density at radius 2 is 1.76 bits per heavy atom. The molecule has 4 nitrogen and oxygen atoms in total. The lowest BCUT2D eigenvalue weighted by Gasteiger charge is -2.38. The minimum absolute atomic E-state index is 0.0341. The van der Waals surface area contributed by atoms with Crippen LogP contribution >= 0.6 is 0 Å². The van der Waals surface area contributed by atoms with E-state index in [-0.39, 0.29) is 11.4 Å². The van der Waals surface area contributed by atoms with Gasteiger partial charge in [0.15, 0.2) is 0 Å². The molecule has 0 aromatic rings. The van der Waals surface area contributed by atoms with Crippen LogP contribution in [0.1, 0.15) is 53.4 Å². The summed E-state index contributed by atoms with van der Waals surface area (Å²) in [6.07, 6.45) is 4.66. The summed E-state index contributed by atoms with van der Waals surface area (Å²) in [5.74, 6) is 0. The van der Waals surface area contributed by atoms with Gasteiger partial charge in [-0.2, -0.15) is 0 Å². The van der Waals surface area contributed by atoms with Crippen LogP contribution in [0, 0.1) is 5.41 Å². The first-order valence-corrected chi connectivity index (χ1v) is 6.56. The first kappa shape index (κ1) is 14.3. The largest absolute Gasteiger partial charge is 0.336 e. The molecule has 100 valence electrons. The van der Waals surface area contributed by atoms with Crippen molar-refractivity contribution >= 4 is 6.03 Å². The fraction of sp³-hybridized carbons (Fsp3) is 0.923. The van der Waals surface area contributed by atoms with Crippen molar-refractivity contribution in [2.24, 2.45) is 11.1 Å². The van der Waals surface area contributed by atoms with Crippen LogP contribution in [0.25, 0.3) is 0 Å². The molecule has 4 N–H and O–H groups in total. The van der Waals surface area contributed by atoms with Gasteiger partial charge in [0.25, 0.3) is 0 Å². The number of carbonyl (C=O) groups is 1. The lowest BCUT2D eigenvalue weighted by molar-refractivity contribution is 0.195. The summed E-state index contributed by atoms with van der Waals surface area (Å²) >= 11 is 0. The molecule has 0 spiro atoms. The van der Waals surface area contributed by atoms with Gasteiger partial charge in [-0.1, -0.05) is 33.6 Å². The molecule has 0 radical (unpaired) electrons. The van der Waals surface area contributed by atoms with E-state index < -0.39 is 5.54 Å². The van der Waals surface area contributed by atoms with Crippen molar-refractivity contribution < 1.29 is 4.79 Å². The molecule has 1 atom stereocenters. The Kier molecular flexibility index (Phi) is 4.42. The summed E-state index contributed by atoms with van der Waals surface area (Å²) in [4.78, 5) is 11.7. The van der Waals surface area contributed by atoms with Crippen molar-refractivity contribution in [1.29, 1.82) is 0 Å². The van der Waals surface area contributed by atoms with Crippen LogP contribution < -0.4 is 16.4 Å². The molecule has 1 aliphatic carbocycles. The van der Waals surface area contributed by atoms with E-state index in [2.05, 4.69) is 31.4 Å². The molecule has 1 aliphatic rings. The summed E-state index contributed by atoms with van der Waals surface area (Å²) in [6, 6.07) is 0.270. The highest BCUT2D eigenvalue weighted by Crippen LogP contribution is 2.26. The molecule has 1 fully saturated rings. The van der Waals surface area contributed by atoms with E-state index in [1.54, 1.807) is 0 Å². The number of nitrogens with two attached hydrogens (primary N) is 1. The Hall–Kier alpha value is -0.770. The third-order valence-corrected chi connectivity index (χ3v) is 4.02. The van der Waals surface area contributed by atoms with Gasteiger partial charge >= 0.3 is 6.03 Å². The van der Waals surface area contributed by atoms with Gasteiger partial charge in [0.1, 0.15) is 0 Å². The number of hydrogen-bond acceptors (Lipinski definition) is 2. The number of rotatable bonds is 3. The third-order valence-electron chi connectivity index (χ3n) is 4.02. The number of urea groups is 1. The van der Waals surface area contributed by atoms with E-state index in [4.69, 9.17) is 5.73 Å². The average molecular weight is 241 g/mol. The lowest BCUT2D eigenvalue weighted by Crippen LogP contribution is -2.57. The second-order valence-corrected chi connectivity index (χ2v) is 6.48. The minimum atomic E-state index is -0.403. The van der Waals surface area contributed by atoms with Crippen LogP contribution in [0.4, 0.5) is 4.79 Å². The standard InChI is InChI=1S/C13H27N3O/c1-12(2,3)13(4,14)9-15-11(17)16-10-7-5-6-8-10/h10H,5-9,14H2,1-4H3,(H2,15,16,17). The molecule has 4 heteroatoms. The van der Waals surface area contributed by atoms with Gasteiger partial charge in [0.2, 0.25) is 0 Å². The van der Waals surface area contributed by atoms with Gasteiger partial charge < -0.3 is 16.4 Å². The van der Waals surface area contributed by atoms with Gasteiger partial charge in [-0.25, -0.2) is 4.79 Å². The predicted molar refractivity (Wildman–Crippen MR) is 70.8 cm³/mol. The second kappa shape index (κ2) is 5.25. The highest BCUT2D eigenvalue weighted by atomic mass is 16.2. The summed E-state index contributed by atoms with van der Waals surface area (Å²) in [7, 11) is 0. The molecule has 0 aromatic carbocycles. The fourth-order valence-corrected chi connectivity index (χ4v) is 1.84. The SMILES string of the molecule is CC(C)(C)C(C)(N)CNC(=O)NC1CCCC1. The molecule has 0 bridgehead atoms. The maximum Gasteiger partial charge on any atom is 0.315 e. The monoisotopic (exact) mass is 241 g/mol. The summed E-state index contributed by atoms with van der Waals surface area (Å²) < 4.78 is 0. The smallest absolute Gasteiger partial charge is 0.315 e. The zero-order chi connectivity index (χ0) is 13.1. The number of hydrogen-bond donors (Lipinski definition) is 3. The molecule has 1 unspecified atom stereocenters. The summed E-state index contributed by atoms with van der Waals surface area (Å²) in [6.45, 7) is 8.73. The summed E-state index contributed by atoms with van der Waals surface area (Å²) in [5.41, 5.74) is 5.77. The van der Waals surface area contributed by atoms with Crippen molar-refractivity contribution in [3.63, 3.8) is 0 Å². The highest BCUT2D eigenvalue weighted by Gasteiger charge is 2.33. The first-order valence-electron chi connectivity index (χ1n) is 6.56. The summed E-state index contributed by atoms with van der Waals surface area (Å²) in [5, 5.41) is 5.88. The maximum atomic E-state index is 11.7. The van der Waals surface area contributed by atoms with E-state index in [1.807, 2.05) is 6.92 Å². The normalized spacial score (nSPS) is 21.0. The van der Waals surface area contributed by atoms with Gasteiger partial charge in [-0.15, -0.1) is 0 Å². The Morgan fingerprint density at radius 1 is 1.24 bits per heavy atom. The van der Waals surface area contributed by atoms with Gasteiger partial charge in [-0.3, -0.25) is 0 Å². The van der Waals surface area contributed by atoms with Crippen molar-refractivity contribution in [1.82, 2.24) is 10.6 Å². The Labute approximate surface area is 105 Å². The van der Waals surface area contributed by atoms with Crippen LogP contribution in [0.3, 0.4) is 0 Å². The molecule has 0 saturated heterocycles. The zero-order valence-corrected chi connectivity index (χ0v) is 11.6. The molecule has 0 heterocycles. The van der Waals surface area contributed by atoms with E-state index in [1.165, 1.54) is 12.8 Å². The second-order valence-electron chi connectivity index (χ2n) is 6.48. The first-order chi connectivity index (χ1) is 7.72.